The molecule has 2 heterocycles. The average molecular weight is 512 g/mol. The van der Waals surface area contributed by atoms with Gasteiger partial charge in [0.2, 0.25) is 5.91 Å². The van der Waals surface area contributed by atoms with E-state index in [-0.39, 0.29) is 18.4 Å². The lowest BCUT2D eigenvalue weighted by Gasteiger charge is -2.17. The van der Waals surface area contributed by atoms with E-state index in [0.717, 1.165) is 25.0 Å². The Morgan fingerprint density at radius 2 is 1.92 bits per heavy atom. The number of rotatable bonds is 10. The first-order chi connectivity index (χ1) is 17.5. The first-order valence-corrected chi connectivity index (χ1v) is 13.7. The summed E-state index contributed by atoms with van der Waals surface area (Å²) in [5.74, 6) is 0.924. The molecule has 5 rings (SSSR count). The highest BCUT2D eigenvalue weighted by molar-refractivity contribution is 7.99. The molecule has 2 aliphatic rings. The number of hydrogen-bond donors (Lipinski definition) is 4. The fourth-order valence-electron chi connectivity index (χ4n) is 4.88. The maximum absolute atomic E-state index is 12.6. The lowest BCUT2D eigenvalue weighted by Crippen LogP contribution is -2.38. The molecule has 6 unspecified atom stereocenters. The van der Waals surface area contributed by atoms with Crippen LogP contribution in [0.1, 0.15) is 57.1 Å². The van der Waals surface area contributed by atoms with Crippen molar-refractivity contribution in [1.82, 2.24) is 30.3 Å². The zero-order valence-electron chi connectivity index (χ0n) is 20.5. The fraction of sp³-hybridized carbons (Fsp3) is 0.560. The van der Waals surface area contributed by atoms with Crippen LogP contribution in [0.3, 0.4) is 0 Å². The molecule has 2 saturated carbocycles. The number of aromatic nitrogens is 5. The number of aliphatic hydroxyl groups is 2. The van der Waals surface area contributed by atoms with Gasteiger partial charge in [-0.05, 0) is 31.2 Å². The summed E-state index contributed by atoms with van der Waals surface area (Å²) in [6.07, 6.45) is 0.690. The highest BCUT2D eigenvalue weighted by atomic mass is 32.2. The highest BCUT2D eigenvalue weighted by Crippen LogP contribution is 2.43. The van der Waals surface area contributed by atoms with Gasteiger partial charge in [0, 0.05) is 24.3 Å². The van der Waals surface area contributed by atoms with E-state index >= 15 is 0 Å². The minimum absolute atomic E-state index is 0.241. The quantitative estimate of drug-likeness (QED) is 0.239. The van der Waals surface area contributed by atoms with Crippen molar-refractivity contribution in [3.8, 4) is 0 Å². The van der Waals surface area contributed by atoms with Crippen LogP contribution in [-0.4, -0.2) is 71.6 Å². The van der Waals surface area contributed by atoms with Crippen molar-refractivity contribution in [2.75, 3.05) is 17.6 Å². The maximum Gasteiger partial charge on any atom is 0.225 e. The van der Waals surface area contributed by atoms with Crippen LogP contribution in [0.15, 0.2) is 35.5 Å². The molecule has 36 heavy (non-hydrogen) atoms. The third kappa shape index (κ3) is 4.91. The Labute approximate surface area is 214 Å². The topological polar surface area (TPSA) is 138 Å². The molecule has 11 heteroatoms. The molecule has 4 N–H and O–H groups in total. The number of hydrogen-bond acceptors (Lipinski definition) is 9. The predicted molar refractivity (Wildman–Crippen MR) is 138 cm³/mol. The normalized spacial score (nSPS) is 27.3. The molecule has 0 spiro atoms. The minimum Gasteiger partial charge on any atom is -0.390 e. The van der Waals surface area contributed by atoms with Gasteiger partial charge >= 0.3 is 0 Å². The second-order valence-electron chi connectivity index (χ2n) is 9.59. The molecule has 192 valence electrons. The van der Waals surface area contributed by atoms with Crippen LogP contribution in [0.25, 0.3) is 11.2 Å². The van der Waals surface area contributed by atoms with Gasteiger partial charge in [0.1, 0.15) is 6.10 Å². The maximum atomic E-state index is 12.6. The number of aliphatic hydroxyl groups excluding tert-OH is 2. The number of nitrogens with one attached hydrogen (secondary N) is 2. The number of benzene rings is 1. The Balaban J connectivity index is 1.43. The zero-order chi connectivity index (χ0) is 25.2. The van der Waals surface area contributed by atoms with Crippen LogP contribution < -0.4 is 10.6 Å². The van der Waals surface area contributed by atoms with E-state index in [9.17, 15) is 15.0 Å². The van der Waals surface area contributed by atoms with Gasteiger partial charge in [-0.1, -0.05) is 61.2 Å². The van der Waals surface area contributed by atoms with Crippen LogP contribution >= 0.6 is 11.8 Å². The van der Waals surface area contributed by atoms with E-state index in [1.165, 1.54) is 5.56 Å². The molecule has 2 aliphatic carbocycles. The van der Waals surface area contributed by atoms with E-state index in [1.54, 1.807) is 16.4 Å². The zero-order valence-corrected chi connectivity index (χ0v) is 21.4. The molecule has 0 radical (unpaired) electrons. The largest absolute Gasteiger partial charge is 0.390 e. The van der Waals surface area contributed by atoms with E-state index in [2.05, 4.69) is 52.1 Å². The van der Waals surface area contributed by atoms with E-state index in [1.807, 2.05) is 13.0 Å². The Hall–Kier alpha value is -2.76. The molecule has 1 aromatic carbocycles. The number of carbonyl (C=O) groups is 1. The molecular formula is C25H33N7O3S. The first-order valence-electron chi connectivity index (χ1n) is 12.7. The van der Waals surface area contributed by atoms with Crippen molar-refractivity contribution in [2.24, 2.45) is 5.92 Å². The number of fused-ring (bicyclic) bond motifs is 1. The summed E-state index contributed by atoms with van der Waals surface area (Å²) in [5, 5.41) is 37.1. The van der Waals surface area contributed by atoms with Gasteiger partial charge in [0.05, 0.1) is 18.1 Å². The summed E-state index contributed by atoms with van der Waals surface area (Å²) < 4.78 is 1.56. The summed E-state index contributed by atoms with van der Waals surface area (Å²) in [6.45, 7) is 4.60. The third-order valence-electron chi connectivity index (χ3n) is 6.93. The van der Waals surface area contributed by atoms with Gasteiger partial charge in [-0.3, -0.25) is 4.79 Å². The second-order valence-corrected chi connectivity index (χ2v) is 10.7. The monoisotopic (exact) mass is 511 g/mol. The summed E-state index contributed by atoms with van der Waals surface area (Å²) in [4.78, 5) is 22.0. The van der Waals surface area contributed by atoms with Crippen LogP contribution in [-0.2, 0) is 4.79 Å². The van der Waals surface area contributed by atoms with Gasteiger partial charge in [0.15, 0.2) is 22.1 Å². The summed E-state index contributed by atoms with van der Waals surface area (Å²) in [7, 11) is 0. The molecule has 6 atom stereocenters. The number of thioether (sulfide) groups is 1. The molecule has 1 amide bonds. The van der Waals surface area contributed by atoms with Crippen molar-refractivity contribution < 1.29 is 15.0 Å². The summed E-state index contributed by atoms with van der Waals surface area (Å²) in [5.41, 5.74) is 2.31. The molecule has 0 bridgehead atoms. The number of nitrogens with zero attached hydrogens (tertiary/aromatic N) is 5. The Bertz CT molecular complexity index is 1210. The smallest absolute Gasteiger partial charge is 0.225 e. The Kier molecular flexibility index (Phi) is 7.40. The minimum atomic E-state index is -1.18. The summed E-state index contributed by atoms with van der Waals surface area (Å²) in [6, 6.07) is 10.0. The second kappa shape index (κ2) is 10.7. The molecule has 2 aromatic heterocycles. The lowest BCUT2D eigenvalue weighted by atomic mass is 10.0. The van der Waals surface area contributed by atoms with Gasteiger partial charge in [-0.25, -0.2) is 14.6 Å². The lowest BCUT2D eigenvalue weighted by molar-refractivity contribution is -0.128. The van der Waals surface area contributed by atoms with E-state index < -0.39 is 24.2 Å². The number of carbonyl (C=O) groups excluding carboxylic acids is 1. The van der Waals surface area contributed by atoms with Gasteiger partial charge in [-0.15, -0.1) is 5.10 Å². The first kappa shape index (κ1) is 24.9. The van der Waals surface area contributed by atoms with Crippen molar-refractivity contribution in [3.05, 3.63) is 35.9 Å². The van der Waals surface area contributed by atoms with E-state index in [4.69, 9.17) is 9.97 Å². The van der Waals surface area contributed by atoms with Crippen molar-refractivity contribution in [1.29, 1.82) is 0 Å². The van der Waals surface area contributed by atoms with Crippen LogP contribution in [0, 0.1) is 5.92 Å². The van der Waals surface area contributed by atoms with Gasteiger partial charge < -0.3 is 20.8 Å². The SMILES string of the molecule is CCCNC(=O)C1CC(n2nnc3c(NC4CC4c4ccccc4)nc(SCCC)nc32)C(O)C1O. The standard InChI is InChI=1S/C25H33N7O3S/c1-3-10-26-24(35)16-13-18(21(34)20(16)33)32-23-19(30-31-32)22(28-25(29-23)36-11-4-2)27-17-12-15(17)14-8-6-5-7-9-14/h5-9,15-18,20-21,33-34H,3-4,10-13H2,1-2H3,(H,26,35)(H,27,28,29). The van der Waals surface area contributed by atoms with Crippen LogP contribution in [0.4, 0.5) is 5.82 Å². The Morgan fingerprint density at radius 3 is 2.67 bits per heavy atom. The van der Waals surface area contributed by atoms with Crippen molar-refractivity contribution in [2.45, 2.75) is 74.9 Å². The van der Waals surface area contributed by atoms with Crippen LogP contribution in [0.5, 0.6) is 0 Å². The predicted octanol–water partition coefficient (Wildman–Crippen LogP) is 2.50. The van der Waals surface area contributed by atoms with Gasteiger partial charge in [-0.2, -0.15) is 0 Å². The molecular weight excluding hydrogens is 478 g/mol. The third-order valence-corrected chi connectivity index (χ3v) is 7.98. The molecule has 0 aliphatic heterocycles. The number of anilines is 1. The fourth-order valence-corrected chi connectivity index (χ4v) is 5.57. The Morgan fingerprint density at radius 1 is 1.11 bits per heavy atom. The van der Waals surface area contributed by atoms with Crippen molar-refractivity contribution in [3.63, 3.8) is 0 Å². The highest BCUT2D eigenvalue weighted by Gasteiger charge is 2.47. The molecule has 10 nitrogen and oxygen atoms in total. The average Bonchev–Trinajstić information content (AvgIpc) is 3.44. The summed E-state index contributed by atoms with van der Waals surface area (Å²) >= 11 is 1.56. The van der Waals surface area contributed by atoms with Crippen molar-refractivity contribution >= 4 is 34.7 Å². The van der Waals surface area contributed by atoms with E-state index in [0.29, 0.717) is 34.6 Å². The molecule has 2 fully saturated rings. The molecule has 3 aromatic rings. The number of amides is 1. The molecule has 0 saturated heterocycles. The van der Waals surface area contributed by atoms with Gasteiger partial charge in [0.25, 0.3) is 0 Å². The van der Waals surface area contributed by atoms with Crippen LogP contribution in [0.2, 0.25) is 0 Å².